The second kappa shape index (κ2) is 7.06. The number of fused-ring (bicyclic) bond motifs is 2. The lowest BCUT2D eigenvalue weighted by Gasteiger charge is -2.33. The first-order chi connectivity index (χ1) is 13.9. The van der Waals surface area contributed by atoms with E-state index in [4.69, 9.17) is 4.74 Å². The molecular weight excluding hydrogens is 370 g/mol. The SMILES string of the molecule is CCCn1c(C)cc(C(=O)CN2C(=O)NC3(CCOc4ccccc43)C2=O)c1C. The fourth-order valence-electron chi connectivity index (χ4n) is 4.40. The molecule has 1 aromatic heterocycles. The number of aryl methyl sites for hydroxylation is 1. The smallest absolute Gasteiger partial charge is 0.325 e. The Morgan fingerprint density at radius 1 is 1.24 bits per heavy atom. The number of ketones is 1. The molecule has 3 amide bonds. The first-order valence-corrected chi connectivity index (χ1v) is 9.95. The Bertz CT molecular complexity index is 1010. The van der Waals surface area contributed by atoms with E-state index >= 15 is 0 Å². The topological polar surface area (TPSA) is 80.6 Å². The number of imide groups is 1. The van der Waals surface area contributed by atoms with Crippen LogP contribution < -0.4 is 10.1 Å². The molecule has 1 aromatic carbocycles. The number of benzene rings is 1. The summed E-state index contributed by atoms with van der Waals surface area (Å²) in [6.07, 6.45) is 1.30. The minimum Gasteiger partial charge on any atom is -0.493 e. The van der Waals surface area contributed by atoms with Crippen LogP contribution in [0.15, 0.2) is 30.3 Å². The Balaban J connectivity index is 1.62. The van der Waals surface area contributed by atoms with Gasteiger partial charge in [-0.1, -0.05) is 25.1 Å². The van der Waals surface area contributed by atoms with Gasteiger partial charge in [0, 0.05) is 35.5 Å². The maximum atomic E-state index is 13.3. The molecule has 152 valence electrons. The van der Waals surface area contributed by atoms with Crippen LogP contribution in [0.4, 0.5) is 4.79 Å². The molecule has 1 fully saturated rings. The molecule has 29 heavy (non-hydrogen) atoms. The Morgan fingerprint density at radius 2 is 2.00 bits per heavy atom. The average Bonchev–Trinajstić information content (AvgIpc) is 3.12. The fraction of sp³-hybridized carbons (Fsp3) is 0.409. The minimum absolute atomic E-state index is 0.235. The van der Waals surface area contributed by atoms with Gasteiger partial charge in [0.2, 0.25) is 0 Å². The third kappa shape index (κ3) is 2.92. The van der Waals surface area contributed by atoms with E-state index in [0.717, 1.165) is 29.3 Å². The number of aromatic nitrogens is 1. The lowest BCUT2D eigenvalue weighted by atomic mass is 9.84. The number of hydrogen-bond donors (Lipinski definition) is 1. The zero-order valence-electron chi connectivity index (χ0n) is 16.9. The lowest BCUT2D eigenvalue weighted by Crippen LogP contribution is -2.47. The number of ether oxygens (including phenoxy) is 1. The molecule has 7 heteroatoms. The third-order valence-electron chi connectivity index (χ3n) is 5.88. The second-order valence-electron chi connectivity index (χ2n) is 7.68. The highest BCUT2D eigenvalue weighted by Gasteiger charge is 2.55. The third-order valence-corrected chi connectivity index (χ3v) is 5.88. The number of carbonyl (C=O) groups excluding carboxylic acids is 3. The van der Waals surface area contributed by atoms with E-state index < -0.39 is 17.5 Å². The van der Waals surface area contributed by atoms with Gasteiger partial charge in [0.05, 0.1) is 13.2 Å². The van der Waals surface area contributed by atoms with E-state index in [9.17, 15) is 14.4 Å². The number of urea groups is 1. The molecule has 0 radical (unpaired) electrons. The van der Waals surface area contributed by atoms with Gasteiger partial charge < -0.3 is 14.6 Å². The highest BCUT2D eigenvalue weighted by atomic mass is 16.5. The number of nitrogens with zero attached hydrogens (tertiary/aromatic N) is 2. The minimum atomic E-state index is -1.16. The highest BCUT2D eigenvalue weighted by molar-refractivity contribution is 6.12. The summed E-state index contributed by atoms with van der Waals surface area (Å²) in [4.78, 5) is 40.0. The Morgan fingerprint density at radius 3 is 2.76 bits per heavy atom. The number of carbonyl (C=O) groups is 3. The van der Waals surface area contributed by atoms with Crippen molar-refractivity contribution in [2.24, 2.45) is 0 Å². The van der Waals surface area contributed by atoms with Gasteiger partial charge in [-0.3, -0.25) is 14.5 Å². The molecule has 2 aromatic rings. The van der Waals surface area contributed by atoms with Crippen molar-refractivity contribution in [2.45, 2.75) is 45.7 Å². The van der Waals surface area contributed by atoms with Gasteiger partial charge in [0.1, 0.15) is 5.75 Å². The van der Waals surface area contributed by atoms with Crippen LogP contribution in [0.25, 0.3) is 0 Å². The molecule has 4 rings (SSSR count). The summed E-state index contributed by atoms with van der Waals surface area (Å²) in [5.74, 6) is -0.0426. The molecule has 0 aliphatic carbocycles. The van der Waals surface area contributed by atoms with E-state index in [0.29, 0.717) is 29.9 Å². The maximum absolute atomic E-state index is 13.3. The van der Waals surface area contributed by atoms with Crippen LogP contribution in [0.5, 0.6) is 5.75 Å². The van der Waals surface area contributed by atoms with Crippen molar-refractivity contribution in [2.75, 3.05) is 13.2 Å². The van der Waals surface area contributed by atoms with Gasteiger partial charge in [-0.2, -0.15) is 0 Å². The van der Waals surface area contributed by atoms with E-state index in [1.807, 2.05) is 32.0 Å². The first-order valence-electron chi connectivity index (χ1n) is 9.95. The standard InChI is InChI=1S/C22H25N3O4/c1-4-10-24-14(2)12-16(15(24)3)18(26)13-25-20(27)22(23-21(25)28)9-11-29-19-8-6-5-7-17(19)22/h5-8,12H,4,9-11,13H2,1-3H3,(H,23,28). The van der Waals surface area contributed by atoms with Gasteiger partial charge >= 0.3 is 6.03 Å². The molecule has 1 N–H and O–H groups in total. The number of Topliss-reactive ketones (excluding diaryl/α,β-unsaturated/α-hetero) is 1. The monoisotopic (exact) mass is 395 g/mol. The van der Waals surface area contributed by atoms with Gasteiger partial charge in [-0.15, -0.1) is 0 Å². The molecule has 1 saturated heterocycles. The molecule has 0 bridgehead atoms. The predicted octanol–water partition coefficient (Wildman–Crippen LogP) is 2.93. The maximum Gasteiger partial charge on any atom is 0.325 e. The van der Waals surface area contributed by atoms with E-state index in [1.165, 1.54) is 0 Å². The predicted molar refractivity (Wildman–Crippen MR) is 107 cm³/mol. The highest BCUT2D eigenvalue weighted by Crippen LogP contribution is 2.41. The summed E-state index contributed by atoms with van der Waals surface area (Å²) in [7, 11) is 0. The summed E-state index contributed by atoms with van der Waals surface area (Å²) < 4.78 is 7.73. The Labute approximate surface area is 169 Å². The molecule has 1 spiro atoms. The lowest BCUT2D eigenvalue weighted by molar-refractivity contribution is -0.132. The zero-order chi connectivity index (χ0) is 20.8. The average molecular weight is 395 g/mol. The van der Waals surface area contributed by atoms with Crippen molar-refractivity contribution in [3.63, 3.8) is 0 Å². The van der Waals surface area contributed by atoms with E-state index in [-0.39, 0.29) is 12.3 Å². The van der Waals surface area contributed by atoms with Gasteiger partial charge in [-0.05, 0) is 32.4 Å². The number of nitrogens with one attached hydrogen (secondary N) is 1. The van der Waals surface area contributed by atoms with Crippen LogP contribution in [0, 0.1) is 13.8 Å². The van der Waals surface area contributed by atoms with E-state index in [2.05, 4.69) is 16.8 Å². The quantitative estimate of drug-likeness (QED) is 0.624. The molecule has 0 saturated carbocycles. The van der Waals surface area contributed by atoms with Gasteiger partial charge in [0.15, 0.2) is 11.3 Å². The largest absolute Gasteiger partial charge is 0.493 e. The van der Waals surface area contributed by atoms with Crippen molar-refractivity contribution in [3.8, 4) is 5.75 Å². The summed E-state index contributed by atoms with van der Waals surface area (Å²) in [6, 6.07) is 8.51. The zero-order valence-corrected chi connectivity index (χ0v) is 16.9. The Hall–Kier alpha value is -3.09. The van der Waals surface area contributed by atoms with Crippen molar-refractivity contribution in [1.82, 2.24) is 14.8 Å². The van der Waals surface area contributed by atoms with Crippen molar-refractivity contribution >= 4 is 17.7 Å². The van der Waals surface area contributed by atoms with Gasteiger partial charge in [0.25, 0.3) is 5.91 Å². The molecule has 2 aliphatic heterocycles. The normalized spacial score (nSPS) is 20.6. The Kier molecular flexibility index (Phi) is 4.68. The second-order valence-corrected chi connectivity index (χ2v) is 7.68. The first kappa shape index (κ1) is 19.2. The number of rotatable bonds is 5. The van der Waals surface area contributed by atoms with E-state index in [1.54, 1.807) is 12.1 Å². The van der Waals surface area contributed by atoms with Crippen LogP contribution in [0.1, 0.15) is 47.1 Å². The molecule has 7 nitrogen and oxygen atoms in total. The molecule has 1 unspecified atom stereocenters. The summed E-state index contributed by atoms with van der Waals surface area (Å²) in [6.45, 7) is 6.82. The molecule has 1 atom stereocenters. The number of amides is 3. The van der Waals surface area contributed by atoms with Crippen LogP contribution in [0.3, 0.4) is 0 Å². The summed E-state index contributed by atoms with van der Waals surface area (Å²) >= 11 is 0. The van der Waals surface area contributed by atoms with Crippen molar-refractivity contribution < 1.29 is 19.1 Å². The fourth-order valence-corrected chi connectivity index (χ4v) is 4.40. The number of para-hydroxylation sites is 1. The van der Waals surface area contributed by atoms with Crippen LogP contribution in [-0.4, -0.2) is 40.3 Å². The van der Waals surface area contributed by atoms with Crippen molar-refractivity contribution in [1.29, 1.82) is 0 Å². The summed E-state index contributed by atoms with van der Waals surface area (Å²) in [5.41, 5.74) is 1.91. The van der Waals surface area contributed by atoms with Crippen LogP contribution in [0.2, 0.25) is 0 Å². The van der Waals surface area contributed by atoms with Crippen LogP contribution in [-0.2, 0) is 16.9 Å². The molecule has 2 aliphatic rings. The molecular formula is C22H25N3O4. The van der Waals surface area contributed by atoms with Crippen molar-refractivity contribution in [3.05, 3.63) is 52.8 Å². The van der Waals surface area contributed by atoms with Crippen LogP contribution >= 0.6 is 0 Å². The summed E-state index contributed by atoms with van der Waals surface area (Å²) in [5, 5.41) is 2.83. The van der Waals surface area contributed by atoms with Gasteiger partial charge in [-0.25, -0.2) is 4.79 Å². The molecule has 3 heterocycles. The number of hydrogen-bond acceptors (Lipinski definition) is 4.